The Hall–Kier alpha value is -0.250. The Balaban J connectivity index is 2.82. The molecule has 0 aromatic carbocycles. The molecule has 0 bridgehead atoms. The Labute approximate surface area is 55.8 Å². The number of carboxylic acid groups (broad SMARTS) is 1. The molecule has 0 unspecified atom stereocenters. The molecule has 0 saturated heterocycles. The highest BCUT2D eigenvalue weighted by atomic mass is 79.9. The highest BCUT2D eigenvalue weighted by Gasteiger charge is 1.92. The smallest absolute Gasteiger partial charge is 0.450 e. The van der Waals surface area contributed by atoms with E-state index < -0.39 is 6.16 Å². The van der Waals surface area contributed by atoms with E-state index in [9.17, 15) is 4.79 Å². The van der Waals surface area contributed by atoms with Crippen molar-refractivity contribution in [1.82, 2.24) is 0 Å². The molecule has 0 radical (unpaired) electrons. The third-order valence-electron chi connectivity index (χ3n) is 0.504. The SMILES string of the molecule is O=C(O)OCCCBr. The minimum atomic E-state index is -1.20. The molecule has 0 aromatic rings. The minimum absolute atomic E-state index is 0.278. The van der Waals surface area contributed by atoms with Gasteiger partial charge in [0.2, 0.25) is 0 Å². The summed E-state index contributed by atoms with van der Waals surface area (Å²) in [6.45, 7) is 0.278. The maximum atomic E-state index is 9.64. The quantitative estimate of drug-likeness (QED) is 0.409. The van der Waals surface area contributed by atoms with E-state index in [2.05, 4.69) is 20.7 Å². The molecule has 0 spiro atoms. The molecule has 0 aliphatic carbocycles. The van der Waals surface area contributed by atoms with Crippen molar-refractivity contribution < 1.29 is 14.6 Å². The van der Waals surface area contributed by atoms with Gasteiger partial charge in [0.15, 0.2) is 0 Å². The predicted molar refractivity (Wildman–Crippen MR) is 32.4 cm³/mol. The molecule has 1 N–H and O–H groups in total. The molecule has 3 nitrogen and oxygen atoms in total. The second-order valence-corrected chi connectivity index (χ2v) is 1.95. The van der Waals surface area contributed by atoms with E-state index in [4.69, 9.17) is 5.11 Å². The summed E-state index contributed by atoms with van der Waals surface area (Å²) in [5.74, 6) is 0. The van der Waals surface area contributed by atoms with Gasteiger partial charge in [-0.3, -0.25) is 0 Å². The molecule has 0 rings (SSSR count). The van der Waals surface area contributed by atoms with E-state index in [1.54, 1.807) is 0 Å². The van der Waals surface area contributed by atoms with Crippen LogP contribution in [0.3, 0.4) is 0 Å². The summed E-state index contributed by atoms with van der Waals surface area (Å²) in [6.07, 6.45) is -0.474. The highest BCUT2D eigenvalue weighted by Crippen LogP contribution is 1.87. The molecule has 0 atom stereocenters. The fraction of sp³-hybridized carbons (Fsp3) is 0.750. The van der Waals surface area contributed by atoms with E-state index in [1.807, 2.05) is 0 Å². The van der Waals surface area contributed by atoms with E-state index >= 15 is 0 Å². The average Bonchev–Trinajstić information content (AvgIpc) is 1.66. The van der Waals surface area contributed by atoms with Crippen LogP contribution < -0.4 is 0 Å². The summed E-state index contributed by atoms with van der Waals surface area (Å²) < 4.78 is 4.17. The second kappa shape index (κ2) is 4.90. The van der Waals surface area contributed by atoms with Crippen LogP contribution in [0.2, 0.25) is 0 Å². The lowest BCUT2D eigenvalue weighted by atomic mass is 10.5. The van der Waals surface area contributed by atoms with E-state index in [1.165, 1.54) is 0 Å². The van der Waals surface area contributed by atoms with Crippen LogP contribution in [0.4, 0.5) is 4.79 Å². The van der Waals surface area contributed by atoms with Crippen molar-refractivity contribution in [2.75, 3.05) is 11.9 Å². The molecule has 48 valence electrons. The molecule has 0 saturated carbocycles. The Morgan fingerprint density at radius 1 is 1.75 bits per heavy atom. The number of hydrogen-bond acceptors (Lipinski definition) is 2. The first-order valence-electron chi connectivity index (χ1n) is 2.19. The molecule has 0 aromatic heterocycles. The lowest BCUT2D eigenvalue weighted by Gasteiger charge is -1.94. The van der Waals surface area contributed by atoms with E-state index in [0.717, 1.165) is 11.8 Å². The fourth-order valence-electron chi connectivity index (χ4n) is 0.214. The number of rotatable bonds is 3. The van der Waals surface area contributed by atoms with Gasteiger partial charge in [0.1, 0.15) is 0 Å². The molecule has 4 heteroatoms. The van der Waals surface area contributed by atoms with Gasteiger partial charge in [0.25, 0.3) is 0 Å². The lowest BCUT2D eigenvalue weighted by Crippen LogP contribution is -2.01. The maximum absolute atomic E-state index is 9.64. The molecule has 0 aliphatic heterocycles. The van der Waals surface area contributed by atoms with Gasteiger partial charge in [-0.2, -0.15) is 0 Å². The van der Waals surface area contributed by atoms with Gasteiger partial charge in [-0.05, 0) is 6.42 Å². The molecule has 0 fully saturated rings. The van der Waals surface area contributed by atoms with Crippen molar-refractivity contribution in [1.29, 1.82) is 0 Å². The zero-order valence-electron chi connectivity index (χ0n) is 4.26. The van der Waals surface area contributed by atoms with Crippen LogP contribution in [-0.2, 0) is 4.74 Å². The van der Waals surface area contributed by atoms with Gasteiger partial charge in [-0.25, -0.2) is 4.79 Å². The van der Waals surface area contributed by atoms with Crippen LogP contribution >= 0.6 is 15.9 Å². The normalized spacial score (nSPS) is 8.62. The van der Waals surface area contributed by atoms with Crippen molar-refractivity contribution in [2.24, 2.45) is 0 Å². The molecular weight excluding hydrogens is 176 g/mol. The molecule has 0 amide bonds. The van der Waals surface area contributed by atoms with E-state index in [-0.39, 0.29) is 6.61 Å². The summed E-state index contributed by atoms with van der Waals surface area (Å²) in [6, 6.07) is 0. The summed E-state index contributed by atoms with van der Waals surface area (Å²) in [5.41, 5.74) is 0. The Bertz CT molecular complexity index is 73.7. The third-order valence-corrected chi connectivity index (χ3v) is 1.06. The van der Waals surface area contributed by atoms with Gasteiger partial charge >= 0.3 is 6.16 Å². The number of hydrogen-bond donors (Lipinski definition) is 1. The first kappa shape index (κ1) is 7.75. The molecule has 0 heterocycles. The van der Waals surface area contributed by atoms with Crippen molar-refractivity contribution in [3.63, 3.8) is 0 Å². The first-order valence-corrected chi connectivity index (χ1v) is 3.31. The van der Waals surface area contributed by atoms with Crippen LogP contribution in [0.5, 0.6) is 0 Å². The summed E-state index contributed by atoms with van der Waals surface area (Å²) in [7, 11) is 0. The van der Waals surface area contributed by atoms with Gasteiger partial charge in [-0.15, -0.1) is 0 Å². The Kier molecular flexibility index (Phi) is 4.75. The van der Waals surface area contributed by atoms with Crippen LogP contribution in [0, 0.1) is 0 Å². The molecule has 0 aliphatic rings. The van der Waals surface area contributed by atoms with Crippen molar-refractivity contribution >= 4 is 22.1 Å². The van der Waals surface area contributed by atoms with Crippen molar-refractivity contribution in [3.05, 3.63) is 0 Å². The highest BCUT2D eigenvalue weighted by molar-refractivity contribution is 9.09. The van der Waals surface area contributed by atoms with Crippen LogP contribution in [0.1, 0.15) is 6.42 Å². The van der Waals surface area contributed by atoms with Crippen molar-refractivity contribution in [2.45, 2.75) is 6.42 Å². The van der Waals surface area contributed by atoms with Gasteiger partial charge in [-0.1, -0.05) is 15.9 Å². The topological polar surface area (TPSA) is 46.5 Å². The molecule has 8 heavy (non-hydrogen) atoms. The van der Waals surface area contributed by atoms with Crippen LogP contribution in [0.25, 0.3) is 0 Å². The van der Waals surface area contributed by atoms with E-state index in [0.29, 0.717) is 0 Å². The monoisotopic (exact) mass is 182 g/mol. The van der Waals surface area contributed by atoms with Crippen LogP contribution in [-0.4, -0.2) is 23.2 Å². The summed E-state index contributed by atoms with van der Waals surface area (Å²) >= 11 is 3.13. The minimum Gasteiger partial charge on any atom is -0.450 e. The maximum Gasteiger partial charge on any atom is 0.505 e. The third kappa shape index (κ3) is 5.75. The Morgan fingerprint density at radius 2 is 2.38 bits per heavy atom. The lowest BCUT2D eigenvalue weighted by molar-refractivity contribution is 0.0921. The second-order valence-electron chi connectivity index (χ2n) is 1.16. The van der Waals surface area contributed by atoms with Crippen molar-refractivity contribution in [3.8, 4) is 0 Å². The summed E-state index contributed by atoms with van der Waals surface area (Å²) in [5, 5.41) is 8.68. The zero-order chi connectivity index (χ0) is 6.41. The first-order chi connectivity index (χ1) is 3.77. The number of alkyl halides is 1. The number of halogens is 1. The van der Waals surface area contributed by atoms with Crippen LogP contribution in [0.15, 0.2) is 0 Å². The van der Waals surface area contributed by atoms with Gasteiger partial charge < -0.3 is 9.84 Å². The summed E-state index contributed by atoms with van der Waals surface area (Å²) in [4.78, 5) is 9.64. The largest absolute Gasteiger partial charge is 0.505 e. The zero-order valence-corrected chi connectivity index (χ0v) is 5.85. The number of carbonyl (C=O) groups is 1. The Morgan fingerprint density at radius 3 is 2.75 bits per heavy atom. The fourth-order valence-corrected chi connectivity index (χ4v) is 0.443. The molecular formula is C4H7BrO3. The number of ether oxygens (including phenoxy) is 1. The van der Waals surface area contributed by atoms with Gasteiger partial charge in [0.05, 0.1) is 6.61 Å². The average molecular weight is 183 g/mol. The predicted octanol–water partition coefficient (Wildman–Crippen LogP) is 1.47. The van der Waals surface area contributed by atoms with Gasteiger partial charge in [0, 0.05) is 5.33 Å². The standard InChI is InChI=1S/C4H7BrO3/c5-2-1-3-8-4(6)7/h1-3H2,(H,6,7).